The highest BCUT2D eigenvalue weighted by atomic mass is 35.6. The Labute approximate surface area is 155 Å². The van der Waals surface area contributed by atoms with E-state index in [2.05, 4.69) is 15.3 Å². The van der Waals surface area contributed by atoms with E-state index in [1.807, 2.05) is 0 Å². The molecule has 0 bridgehead atoms. The van der Waals surface area contributed by atoms with Crippen molar-refractivity contribution in [3.63, 3.8) is 0 Å². The van der Waals surface area contributed by atoms with Gasteiger partial charge in [0.25, 0.3) is 0 Å². The summed E-state index contributed by atoms with van der Waals surface area (Å²) >= 11 is 17.5. The molecular formula is C16H9Cl3F3N3. The standard InChI is InChI=1S/C16H9Cl3F3N3/c17-15(18,19)14-24-11-7-3-1-5-9(11)13(25-14)23-12-8-4-2-6-10(12)16(20,21)22/h1-8H,(H,23,24,25). The smallest absolute Gasteiger partial charge is 0.339 e. The monoisotopic (exact) mass is 405 g/mol. The highest BCUT2D eigenvalue weighted by molar-refractivity contribution is 6.66. The molecule has 9 heteroatoms. The molecule has 3 rings (SSSR count). The van der Waals surface area contributed by atoms with Crippen LogP contribution in [-0.2, 0) is 9.97 Å². The summed E-state index contributed by atoms with van der Waals surface area (Å²) in [7, 11) is 0. The van der Waals surface area contributed by atoms with Gasteiger partial charge in [0.1, 0.15) is 5.82 Å². The number of hydrogen-bond donors (Lipinski definition) is 1. The van der Waals surface area contributed by atoms with Crippen molar-refractivity contribution in [1.29, 1.82) is 0 Å². The van der Waals surface area contributed by atoms with Gasteiger partial charge in [0.05, 0.1) is 16.8 Å². The van der Waals surface area contributed by atoms with Crippen molar-refractivity contribution in [3.05, 3.63) is 59.9 Å². The van der Waals surface area contributed by atoms with Crippen molar-refractivity contribution in [3.8, 4) is 0 Å². The lowest BCUT2D eigenvalue weighted by Gasteiger charge is -2.17. The molecule has 0 unspecified atom stereocenters. The number of para-hydroxylation sites is 2. The Balaban J connectivity index is 2.17. The van der Waals surface area contributed by atoms with Gasteiger partial charge in [-0.05, 0) is 24.3 Å². The Morgan fingerprint density at radius 2 is 1.48 bits per heavy atom. The lowest BCUT2D eigenvalue weighted by molar-refractivity contribution is -0.136. The van der Waals surface area contributed by atoms with Crippen LogP contribution in [0.25, 0.3) is 10.9 Å². The number of benzene rings is 2. The fourth-order valence-electron chi connectivity index (χ4n) is 2.27. The molecule has 0 aliphatic rings. The predicted molar refractivity (Wildman–Crippen MR) is 93.5 cm³/mol. The Morgan fingerprint density at radius 3 is 2.16 bits per heavy atom. The fraction of sp³-hybridized carbons (Fsp3) is 0.125. The molecule has 0 atom stereocenters. The molecule has 0 radical (unpaired) electrons. The number of anilines is 2. The molecule has 1 heterocycles. The lowest BCUT2D eigenvalue weighted by Crippen LogP contribution is -2.12. The first-order valence-electron chi connectivity index (χ1n) is 6.93. The first kappa shape index (κ1) is 18.0. The van der Waals surface area contributed by atoms with E-state index in [1.54, 1.807) is 24.3 Å². The minimum Gasteiger partial charge on any atom is -0.339 e. The van der Waals surface area contributed by atoms with Crippen molar-refractivity contribution in [2.45, 2.75) is 9.97 Å². The molecule has 0 saturated heterocycles. The number of halogens is 6. The van der Waals surface area contributed by atoms with Crippen LogP contribution in [0.4, 0.5) is 24.7 Å². The zero-order valence-corrected chi connectivity index (χ0v) is 14.5. The summed E-state index contributed by atoms with van der Waals surface area (Å²) in [5.74, 6) is -0.0215. The topological polar surface area (TPSA) is 37.8 Å². The van der Waals surface area contributed by atoms with Crippen LogP contribution in [0.3, 0.4) is 0 Å². The summed E-state index contributed by atoms with van der Waals surface area (Å²) in [6.45, 7) is 0. The van der Waals surface area contributed by atoms with Crippen LogP contribution in [-0.4, -0.2) is 9.97 Å². The van der Waals surface area contributed by atoms with Crippen LogP contribution in [0.2, 0.25) is 0 Å². The largest absolute Gasteiger partial charge is 0.418 e. The van der Waals surface area contributed by atoms with Crippen LogP contribution in [0.1, 0.15) is 11.4 Å². The highest BCUT2D eigenvalue weighted by Crippen LogP contribution is 2.39. The number of rotatable bonds is 2. The summed E-state index contributed by atoms with van der Waals surface area (Å²) < 4.78 is 37.7. The second kappa shape index (κ2) is 6.52. The van der Waals surface area contributed by atoms with Gasteiger partial charge in [0.15, 0.2) is 5.82 Å². The molecular weight excluding hydrogens is 398 g/mol. The van der Waals surface area contributed by atoms with E-state index in [1.165, 1.54) is 18.2 Å². The van der Waals surface area contributed by atoms with Gasteiger partial charge in [-0.2, -0.15) is 13.2 Å². The summed E-state index contributed by atoms with van der Waals surface area (Å²) in [6.07, 6.45) is -4.52. The van der Waals surface area contributed by atoms with Crippen molar-refractivity contribution in [1.82, 2.24) is 9.97 Å². The molecule has 2 aromatic carbocycles. The predicted octanol–water partition coefficient (Wildman–Crippen LogP) is 6.22. The second-order valence-corrected chi connectivity index (χ2v) is 7.36. The van der Waals surface area contributed by atoms with Gasteiger partial charge in [-0.15, -0.1) is 0 Å². The molecule has 3 nitrogen and oxygen atoms in total. The van der Waals surface area contributed by atoms with Gasteiger partial charge < -0.3 is 5.32 Å². The summed E-state index contributed by atoms with van der Waals surface area (Å²) in [5, 5.41) is 3.19. The molecule has 1 N–H and O–H groups in total. The van der Waals surface area contributed by atoms with E-state index >= 15 is 0 Å². The highest BCUT2D eigenvalue weighted by Gasteiger charge is 2.34. The number of nitrogens with one attached hydrogen (secondary N) is 1. The number of alkyl halides is 6. The van der Waals surface area contributed by atoms with E-state index in [9.17, 15) is 13.2 Å². The number of fused-ring (bicyclic) bond motifs is 1. The van der Waals surface area contributed by atoms with Crippen molar-refractivity contribution >= 4 is 57.2 Å². The molecule has 25 heavy (non-hydrogen) atoms. The first-order chi connectivity index (χ1) is 11.7. The zero-order valence-electron chi connectivity index (χ0n) is 12.3. The molecule has 130 valence electrons. The first-order valence-corrected chi connectivity index (χ1v) is 8.07. The fourth-order valence-corrected chi connectivity index (χ4v) is 2.52. The molecule has 0 saturated carbocycles. The third kappa shape index (κ3) is 3.92. The van der Waals surface area contributed by atoms with Crippen molar-refractivity contribution < 1.29 is 13.2 Å². The number of nitrogens with zero attached hydrogens (tertiary/aromatic N) is 2. The molecule has 3 aromatic rings. The van der Waals surface area contributed by atoms with E-state index in [0.717, 1.165) is 6.07 Å². The van der Waals surface area contributed by atoms with Gasteiger partial charge in [0.2, 0.25) is 3.79 Å². The van der Waals surface area contributed by atoms with Crippen LogP contribution < -0.4 is 5.32 Å². The number of hydrogen-bond acceptors (Lipinski definition) is 3. The Morgan fingerprint density at radius 1 is 0.840 bits per heavy atom. The average Bonchev–Trinajstić information content (AvgIpc) is 2.53. The minimum atomic E-state index is -4.52. The summed E-state index contributed by atoms with van der Waals surface area (Å²) in [4.78, 5) is 8.26. The average molecular weight is 407 g/mol. The van der Waals surface area contributed by atoms with Crippen LogP contribution in [0, 0.1) is 0 Å². The molecule has 0 aliphatic heterocycles. The Hall–Kier alpha value is -1.76. The molecule has 0 aliphatic carbocycles. The summed E-state index contributed by atoms with van der Waals surface area (Å²) in [5.41, 5.74) is -0.548. The normalized spacial score (nSPS) is 12.4. The third-order valence-corrected chi connectivity index (χ3v) is 3.85. The third-order valence-electron chi connectivity index (χ3n) is 3.34. The second-order valence-electron chi connectivity index (χ2n) is 5.08. The van der Waals surface area contributed by atoms with E-state index in [-0.39, 0.29) is 17.3 Å². The van der Waals surface area contributed by atoms with Crippen molar-refractivity contribution in [2.75, 3.05) is 5.32 Å². The maximum atomic E-state index is 13.2. The maximum absolute atomic E-state index is 13.2. The molecule has 0 fully saturated rings. The van der Waals surface area contributed by atoms with Crippen LogP contribution in [0.15, 0.2) is 48.5 Å². The van der Waals surface area contributed by atoms with Gasteiger partial charge >= 0.3 is 6.18 Å². The van der Waals surface area contributed by atoms with Crippen molar-refractivity contribution in [2.24, 2.45) is 0 Å². The minimum absolute atomic E-state index is 0.114. The maximum Gasteiger partial charge on any atom is 0.418 e. The van der Waals surface area contributed by atoms with Gasteiger partial charge in [0, 0.05) is 5.39 Å². The van der Waals surface area contributed by atoms with E-state index in [0.29, 0.717) is 10.9 Å². The Kier molecular flexibility index (Phi) is 4.70. The SMILES string of the molecule is FC(F)(F)c1ccccc1Nc1nc(C(Cl)(Cl)Cl)nc2ccccc12. The van der Waals surface area contributed by atoms with Crippen LogP contribution >= 0.6 is 34.8 Å². The van der Waals surface area contributed by atoms with E-state index < -0.39 is 15.5 Å². The van der Waals surface area contributed by atoms with Crippen LogP contribution in [0.5, 0.6) is 0 Å². The van der Waals surface area contributed by atoms with Gasteiger partial charge in [-0.25, -0.2) is 9.97 Å². The molecule has 1 aromatic heterocycles. The van der Waals surface area contributed by atoms with Gasteiger partial charge in [-0.1, -0.05) is 59.1 Å². The van der Waals surface area contributed by atoms with E-state index in [4.69, 9.17) is 34.8 Å². The zero-order chi connectivity index (χ0) is 18.2. The quantitative estimate of drug-likeness (QED) is 0.513. The molecule has 0 amide bonds. The molecule has 0 spiro atoms. The Bertz CT molecular complexity index is 924. The lowest BCUT2D eigenvalue weighted by atomic mass is 10.1. The summed E-state index contributed by atoms with van der Waals surface area (Å²) in [6, 6.07) is 11.8. The number of aromatic nitrogens is 2. The van der Waals surface area contributed by atoms with Gasteiger partial charge in [-0.3, -0.25) is 0 Å².